The third-order valence-electron chi connectivity index (χ3n) is 5.51. The summed E-state index contributed by atoms with van der Waals surface area (Å²) in [6, 6.07) is 1.31. The summed E-state index contributed by atoms with van der Waals surface area (Å²) in [7, 11) is 0. The zero-order chi connectivity index (χ0) is 13.2. The van der Waals surface area contributed by atoms with Gasteiger partial charge < -0.3 is 5.32 Å². The van der Waals surface area contributed by atoms with E-state index in [-0.39, 0.29) is 0 Å². The average molecular weight is 280 g/mol. The Hall–Kier alpha value is -0.180. The third-order valence-corrected chi connectivity index (χ3v) is 6.60. The lowest BCUT2D eigenvalue weighted by molar-refractivity contribution is 0.240. The molecule has 0 spiro atoms. The summed E-state index contributed by atoms with van der Waals surface area (Å²) in [5, 5.41) is 5.01. The van der Waals surface area contributed by atoms with Gasteiger partial charge in [-0.2, -0.15) is 0 Å². The van der Waals surface area contributed by atoms with E-state index in [1.54, 1.807) is 0 Å². The molecule has 0 aromatic rings. The molecule has 0 aromatic carbocycles. The highest BCUT2D eigenvalue weighted by Gasteiger charge is 2.31. The first kappa shape index (κ1) is 13.8. The van der Waals surface area contributed by atoms with E-state index in [2.05, 4.69) is 19.2 Å². The molecule has 2 fully saturated rings. The van der Waals surface area contributed by atoms with Crippen molar-refractivity contribution >= 4 is 16.9 Å². The van der Waals surface area contributed by atoms with Crippen molar-refractivity contribution in [1.82, 2.24) is 5.32 Å². The smallest absolute Gasteiger partial charge is 0.157 e. The molecule has 1 N–H and O–H groups in total. The van der Waals surface area contributed by atoms with Gasteiger partial charge in [0.15, 0.2) is 5.17 Å². The highest BCUT2D eigenvalue weighted by Crippen LogP contribution is 2.35. The van der Waals surface area contributed by atoms with Crippen LogP contribution >= 0.6 is 11.8 Å². The molecule has 1 heterocycles. The van der Waals surface area contributed by atoms with Gasteiger partial charge in [0.2, 0.25) is 0 Å². The van der Waals surface area contributed by atoms with Crippen molar-refractivity contribution in [2.45, 2.75) is 70.9 Å². The summed E-state index contributed by atoms with van der Waals surface area (Å²) in [6.45, 7) is 4.81. The molecule has 3 rings (SSSR count). The lowest BCUT2D eigenvalue weighted by Crippen LogP contribution is -2.42. The van der Waals surface area contributed by atoms with Crippen molar-refractivity contribution in [3.8, 4) is 0 Å². The summed E-state index contributed by atoms with van der Waals surface area (Å²) in [6.07, 6.45) is 9.59. The van der Waals surface area contributed by atoms with Gasteiger partial charge in [0.05, 0.1) is 6.04 Å². The minimum atomic E-state index is 0.637. The van der Waals surface area contributed by atoms with Crippen LogP contribution in [0, 0.1) is 17.8 Å². The van der Waals surface area contributed by atoms with Gasteiger partial charge in [-0.05, 0) is 49.9 Å². The fourth-order valence-electron chi connectivity index (χ4n) is 3.86. The predicted octanol–water partition coefficient (Wildman–Crippen LogP) is 4.06. The van der Waals surface area contributed by atoms with Crippen molar-refractivity contribution in [3.63, 3.8) is 0 Å². The molecule has 108 valence electrons. The lowest BCUT2D eigenvalue weighted by atomic mass is 9.79. The molecule has 2 aliphatic carbocycles. The second-order valence-electron chi connectivity index (χ2n) is 6.97. The average Bonchev–Trinajstić information content (AvgIpc) is 2.43. The van der Waals surface area contributed by atoms with Crippen LogP contribution < -0.4 is 5.32 Å². The SMILES string of the molecule is CC1CCC(NC2=NC3CCCCC3CS2)CC1C. The molecule has 1 aliphatic heterocycles. The van der Waals surface area contributed by atoms with E-state index < -0.39 is 0 Å². The minimum absolute atomic E-state index is 0.637. The van der Waals surface area contributed by atoms with E-state index in [9.17, 15) is 0 Å². The van der Waals surface area contributed by atoms with Gasteiger partial charge >= 0.3 is 0 Å². The normalized spacial score (nSPS) is 43.3. The van der Waals surface area contributed by atoms with Crippen LogP contribution in [0.3, 0.4) is 0 Å². The Morgan fingerprint density at radius 3 is 2.74 bits per heavy atom. The molecule has 0 aromatic heterocycles. The first-order valence-corrected chi connectivity index (χ1v) is 9.18. The Morgan fingerprint density at radius 2 is 1.89 bits per heavy atom. The van der Waals surface area contributed by atoms with Crippen LogP contribution in [0.5, 0.6) is 0 Å². The monoisotopic (exact) mass is 280 g/mol. The van der Waals surface area contributed by atoms with Gasteiger partial charge in [0.25, 0.3) is 0 Å². The maximum Gasteiger partial charge on any atom is 0.157 e. The minimum Gasteiger partial charge on any atom is -0.362 e. The van der Waals surface area contributed by atoms with Crippen molar-refractivity contribution in [2.75, 3.05) is 5.75 Å². The quantitative estimate of drug-likeness (QED) is 0.783. The largest absolute Gasteiger partial charge is 0.362 e. The first-order valence-electron chi connectivity index (χ1n) is 8.19. The maximum absolute atomic E-state index is 5.01. The van der Waals surface area contributed by atoms with E-state index in [0.717, 1.165) is 17.8 Å². The van der Waals surface area contributed by atoms with Gasteiger partial charge in [0, 0.05) is 11.8 Å². The van der Waals surface area contributed by atoms with Crippen molar-refractivity contribution < 1.29 is 0 Å². The number of nitrogens with one attached hydrogen (secondary N) is 1. The Morgan fingerprint density at radius 1 is 1.05 bits per heavy atom. The number of amidine groups is 1. The number of hydrogen-bond acceptors (Lipinski definition) is 3. The summed E-state index contributed by atoms with van der Waals surface area (Å²) < 4.78 is 0. The van der Waals surface area contributed by atoms with E-state index in [1.807, 2.05) is 11.8 Å². The number of aliphatic imine (C=N–C) groups is 1. The van der Waals surface area contributed by atoms with Crippen LogP contribution in [0.15, 0.2) is 4.99 Å². The van der Waals surface area contributed by atoms with Crippen molar-refractivity contribution in [3.05, 3.63) is 0 Å². The van der Waals surface area contributed by atoms with Gasteiger partial charge in [0.1, 0.15) is 0 Å². The molecule has 0 amide bonds. The summed E-state index contributed by atoms with van der Waals surface area (Å²) in [4.78, 5) is 5.01. The molecule has 2 saturated carbocycles. The Labute approximate surface area is 122 Å². The number of thioether (sulfide) groups is 1. The topological polar surface area (TPSA) is 24.4 Å². The third kappa shape index (κ3) is 3.29. The van der Waals surface area contributed by atoms with Crippen LogP contribution in [0.2, 0.25) is 0 Å². The van der Waals surface area contributed by atoms with E-state index >= 15 is 0 Å². The fraction of sp³-hybridized carbons (Fsp3) is 0.938. The molecular formula is C16H28N2S. The standard InChI is InChI=1S/C16H28N2S/c1-11-7-8-14(9-12(11)2)17-16-18-15-6-4-3-5-13(15)10-19-16/h11-15H,3-10H2,1-2H3,(H,17,18). The second-order valence-corrected chi connectivity index (χ2v) is 7.97. The molecule has 5 atom stereocenters. The van der Waals surface area contributed by atoms with Crippen molar-refractivity contribution in [2.24, 2.45) is 22.7 Å². The van der Waals surface area contributed by atoms with E-state index in [4.69, 9.17) is 4.99 Å². The lowest BCUT2D eigenvalue weighted by Gasteiger charge is -2.36. The molecule has 0 radical (unpaired) electrons. The first-order chi connectivity index (χ1) is 9.22. The van der Waals surface area contributed by atoms with Crippen molar-refractivity contribution in [1.29, 1.82) is 0 Å². The van der Waals surface area contributed by atoms with Gasteiger partial charge in [-0.1, -0.05) is 38.5 Å². The van der Waals surface area contributed by atoms with Gasteiger partial charge in [-0.15, -0.1) is 0 Å². The van der Waals surface area contributed by atoms with Crippen LogP contribution in [0.4, 0.5) is 0 Å². The Balaban J connectivity index is 1.56. The molecular weight excluding hydrogens is 252 g/mol. The Kier molecular flexibility index (Phi) is 4.40. The molecule has 2 nitrogen and oxygen atoms in total. The number of hydrogen-bond donors (Lipinski definition) is 1. The maximum atomic E-state index is 5.01. The second kappa shape index (κ2) is 6.07. The molecule has 3 heteroatoms. The number of nitrogens with zero attached hydrogens (tertiary/aromatic N) is 1. The summed E-state index contributed by atoms with van der Waals surface area (Å²) >= 11 is 1.98. The van der Waals surface area contributed by atoms with Crippen LogP contribution in [0.25, 0.3) is 0 Å². The van der Waals surface area contributed by atoms with Crippen LogP contribution in [0.1, 0.15) is 58.8 Å². The zero-order valence-electron chi connectivity index (χ0n) is 12.4. The highest BCUT2D eigenvalue weighted by molar-refractivity contribution is 8.13. The van der Waals surface area contributed by atoms with Gasteiger partial charge in [-0.25, -0.2) is 0 Å². The van der Waals surface area contributed by atoms with E-state index in [0.29, 0.717) is 12.1 Å². The predicted molar refractivity (Wildman–Crippen MR) is 84.7 cm³/mol. The molecule has 3 aliphatic rings. The number of rotatable bonds is 1. The molecule has 0 saturated heterocycles. The summed E-state index contributed by atoms with van der Waals surface area (Å²) in [5.41, 5.74) is 0. The van der Waals surface area contributed by atoms with E-state index in [1.165, 1.54) is 55.9 Å². The van der Waals surface area contributed by atoms with Gasteiger partial charge in [-0.3, -0.25) is 4.99 Å². The molecule has 5 unspecified atom stereocenters. The molecule has 0 bridgehead atoms. The van der Waals surface area contributed by atoms with Crippen LogP contribution in [-0.4, -0.2) is 23.0 Å². The zero-order valence-corrected chi connectivity index (χ0v) is 13.2. The fourth-order valence-corrected chi connectivity index (χ4v) is 5.08. The molecule has 19 heavy (non-hydrogen) atoms. The Bertz CT molecular complexity index is 342. The number of fused-ring (bicyclic) bond motifs is 1. The van der Waals surface area contributed by atoms with Crippen LogP contribution in [-0.2, 0) is 0 Å². The summed E-state index contributed by atoms with van der Waals surface area (Å²) in [5.74, 6) is 3.94. The highest BCUT2D eigenvalue weighted by atomic mass is 32.2.